The molecule has 1 aromatic heterocycles. The van der Waals surface area contributed by atoms with Gasteiger partial charge in [0.25, 0.3) is 0 Å². The van der Waals surface area contributed by atoms with E-state index in [1.807, 2.05) is 18.8 Å². The van der Waals surface area contributed by atoms with Crippen LogP contribution >= 0.6 is 11.8 Å². The first-order valence-electron chi connectivity index (χ1n) is 5.63. The Kier molecular flexibility index (Phi) is 5.22. The largest absolute Gasteiger partial charge is 0.316 e. The third kappa shape index (κ3) is 3.76. The SMILES string of the molecule is CNCc1c(C)nc(CSC(C)C)nc1C. The number of nitrogens with one attached hydrogen (secondary N) is 1. The predicted molar refractivity (Wildman–Crippen MR) is 70.7 cm³/mol. The molecule has 1 heterocycles. The molecule has 0 saturated carbocycles. The second-order valence-corrected chi connectivity index (χ2v) is 5.74. The van der Waals surface area contributed by atoms with E-state index in [4.69, 9.17) is 0 Å². The van der Waals surface area contributed by atoms with E-state index in [2.05, 4.69) is 43.0 Å². The summed E-state index contributed by atoms with van der Waals surface area (Å²) in [6, 6.07) is 0. The van der Waals surface area contributed by atoms with Gasteiger partial charge in [-0.05, 0) is 26.1 Å². The molecular formula is C12H21N3S. The fourth-order valence-electron chi connectivity index (χ4n) is 1.55. The van der Waals surface area contributed by atoms with Gasteiger partial charge in [-0.2, -0.15) is 11.8 Å². The molecule has 0 aromatic carbocycles. The van der Waals surface area contributed by atoms with Crippen molar-refractivity contribution in [1.82, 2.24) is 15.3 Å². The first kappa shape index (κ1) is 13.5. The van der Waals surface area contributed by atoms with Crippen LogP contribution in [0.4, 0.5) is 0 Å². The summed E-state index contributed by atoms with van der Waals surface area (Å²) in [4.78, 5) is 9.11. The fraction of sp³-hybridized carbons (Fsp3) is 0.667. The van der Waals surface area contributed by atoms with Crippen LogP contribution in [0.3, 0.4) is 0 Å². The first-order chi connectivity index (χ1) is 7.54. The molecule has 0 bridgehead atoms. The Bertz CT molecular complexity index is 327. The van der Waals surface area contributed by atoms with E-state index in [0.29, 0.717) is 5.25 Å². The molecule has 0 aliphatic heterocycles. The van der Waals surface area contributed by atoms with E-state index < -0.39 is 0 Å². The van der Waals surface area contributed by atoms with Crippen LogP contribution in [0.15, 0.2) is 0 Å². The molecule has 0 saturated heterocycles. The Morgan fingerprint density at radius 1 is 1.19 bits per heavy atom. The van der Waals surface area contributed by atoms with Crippen LogP contribution < -0.4 is 5.32 Å². The first-order valence-corrected chi connectivity index (χ1v) is 6.68. The van der Waals surface area contributed by atoms with E-state index >= 15 is 0 Å². The summed E-state index contributed by atoms with van der Waals surface area (Å²) in [7, 11) is 1.95. The zero-order valence-corrected chi connectivity index (χ0v) is 11.6. The van der Waals surface area contributed by atoms with Gasteiger partial charge in [0.1, 0.15) is 5.82 Å². The minimum Gasteiger partial charge on any atom is -0.316 e. The number of thioether (sulfide) groups is 1. The van der Waals surface area contributed by atoms with Crippen molar-refractivity contribution in [3.8, 4) is 0 Å². The normalized spacial score (nSPS) is 11.1. The Morgan fingerprint density at radius 3 is 2.19 bits per heavy atom. The van der Waals surface area contributed by atoms with Crippen LogP contribution in [0.2, 0.25) is 0 Å². The molecule has 1 aromatic rings. The van der Waals surface area contributed by atoms with Gasteiger partial charge in [0.05, 0.1) is 5.75 Å². The van der Waals surface area contributed by atoms with Crippen LogP contribution in [0.5, 0.6) is 0 Å². The lowest BCUT2D eigenvalue weighted by molar-refractivity contribution is 0.777. The fourth-order valence-corrected chi connectivity index (χ4v) is 2.16. The summed E-state index contributed by atoms with van der Waals surface area (Å²) in [5.74, 6) is 1.85. The van der Waals surface area contributed by atoms with Crippen molar-refractivity contribution in [1.29, 1.82) is 0 Å². The molecule has 0 aliphatic carbocycles. The Balaban J connectivity index is 2.82. The molecule has 0 spiro atoms. The molecule has 0 aliphatic rings. The number of rotatable bonds is 5. The second-order valence-electron chi connectivity index (χ2n) is 4.18. The van der Waals surface area contributed by atoms with Gasteiger partial charge in [-0.3, -0.25) is 0 Å². The van der Waals surface area contributed by atoms with Gasteiger partial charge in [-0.1, -0.05) is 13.8 Å². The summed E-state index contributed by atoms with van der Waals surface area (Å²) in [6.07, 6.45) is 0. The zero-order valence-electron chi connectivity index (χ0n) is 10.8. The molecule has 3 nitrogen and oxygen atoms in total. The zero-order chi connectivity index (χ0) is 12.1. The molecule has 1 rings (SSSR count). The number of aryl methyl sites for hydroxylation is 2. The highest BCUT2D eigenvalue weighted by molar-refractivity contribution is 7.99. The molecule has 0 atom stereocenters. The number of hydrogen-bond donors (Lipinski definition) is 1. The highest BCUT2D eigenvalue weighted by Gasteiger charge is 2.08. The molecule has 0 radical (unpaired) electrons. The third-order valence-electron chi connectivity index (χ3n) is 2.37. The average Bonchev–Trinajstić information content (AvgIpc) is 2.20. The Morgan fingerprint density at radius 2 is 1.75 bits per heavy atom. The molecule has 0 unspecified atom stereocenters. The lowest BCUT2D eigenvalue weighted by Gasteiger charge is -2.11. The van der Waals surface area contributed by atoms with Crippen molar-refractivity contribution < 1.29 is 0 Å². The van der Waals surface area contributed by atoms with E-state index in [9.17, 15) is 0 Å². The van der Waals surface area contributed by atoms with Crippen LogP contribution in [0.1, 0.15) is 36.6 Å². The maximum atomic E-state index is 4.55. The maximum Gasteiger partial charge on any atom is 0.138 e. The van der Waals surface area contributed by atoms with Crippen molar-refractivity contribution in [3.05, 3.63) is 22.8 Å². The number of aromatic nitrogens is 2. The minimum absolute atomic E-state index is 0.626. The standard InChI is InChI=1S/C12H21N3S/c1-8(2)16-7-12-14-9(3)11(6-13-5)10(4)15-12/h8,13H,6-7H2,1-5H3. The van der Waals surface area contributed by atoms with E-state index in [1.165, 1.54) is 5.56 Å². The number of hydrogen-bond acceptors (Lipinski definition) is 4. The van der Waals surface area contributed by atoms with Gasteiger partial charge in [0, 0.05) is 23.5 Å². The van der Waals surface area contributed by atoms with E-state index in [1.54, 1.807) is 0 Å². The monoisotopic (exact) mass is 239 g/mol. The van der Waals surface area contributed by atoms with Crippen LogP contribution in [0.25, 0.3) is 0 Å². The van der Waals surface area contributed by atoms with Gasteiger partial charge in [-0.25, -0.2) is 9.97 Å². The topological polar surface area (TPSA) is 37.8 Å². The molecule has 16 heavy (non-hydrogen) atoms. The Labute approximate surface area is 102 Å². The summed E-state index contributed by atoms with van der Waals surface area (Å²) in [6.45, 7) is 9.35. The van der Waals surface area contributed by atoms with Gasteiger partial charge >= 0.3 is 0 Å². The smallest absolute Gasteiger partial charge is 0.138 e. The third-order valence-corrected chi connectivity index (χ3v) is 3.46. The second kappa shape index (κ2) is 6.21. The molecule has 0 amide bonds. The van der Waals surface area contributed by atoms with Crippen molar-refractivity contribution in [2.75, 3.05) is 7.05 Å². The van der Waals surface area contributed by atoms with Crippen LogP contribution in [0, 0.1) is 13.8 Å². The van der Waals surface area contributed by atoms with Gasteiger partial charge in [0.2, 0.25) is 0 Å². The Hall–Kier alpha value is -0.610. The lowest BCUT2D eigenvalue weighted by Crippen LogP contribution is -2.12. The highest BCUT2D eigenvalue weighted by Crippen LogP contribution is 2.17. The van der Waals surface area contributed by atoms with E-state index in [0.717, 1.165) is 29.5 Å². The van der Waals surface area contributed by atoms with Crippen LogP contribution in [-0.4, -0.2) is 22.3 Å². The van der Waals surface area contributed by atoms with Crippen molar-refractivity contribution in [3.63, 3.8) is 0 Å². The van der Waals surface area contributed by atoms with Crippen molar-refractivity contribution in [2.24, 2.45) is 0 Å². The molecular weight excluding hydrogens is 218 g/mol. The van der Waals surface area contributed by atoms with Gasteiger partial charge < -0.3 is 5.32 Å². The molecule has 1 N–H and O–H groups in total. The molecule has 0 fully saturated rings. The van der Waals surface area contributed by atoms with Gasteiger partial charge in [0.15, 0.2) is 0 Å². The lowest BCUT2D eigenvalue weighted by atomic mass is 10.1. The highest BCUT2D eigenvalue weighted by atomic mass is 32.2. The van der Waals surface area contributed by atoms with Gasteiger partial charge in [-0.15, -0.1) is 0 Å². The quantitative estimate of drug-likeness (QED) is 0.856. The molecule has 90 valence electrons. The summed E-state index contributed by atoms with van der Waals surface area (Å²) in [5, 5.41) is 3.78. The van der Waals surface area contributed by atoms with Crippen LogP contribution in [-0.2, 0) is 12.3 Å². The maximum absolute atomic E-state index is 4.55. The predicted octanol–water partition coefficient (Wildman–Crippen LogP) is 2.45. The minimum atomic E-state index is 0.626. The van der Waals surface area contributed by atoms with E-state index in [-0.39, 0.29) is 0 Å². The number of nitrogens with zero attached hydrogens (tertiary/aromatic N) is 2. The van der Waals surface area contributed by atoms with Crippen molar-refractivity contribution in [2.45, 2.75) is 45.2 Å². The van der Waals surface area contributed by atoms with Crippen molar-refractivity contribution >= 4 is 11.8 Å². The summed E-state index contributed by atoms with van der Waals surface area (Å²) < 4.78 is 0. The molecule has 4 heteroatoms. The summed E-state index contributed by atoms with van der Waals surface area (Å²) in [5.41, 5.74) is 3.42. The summed E-state index contributed by atoms with van der Waals surface area (Å²) >= 11 is 1.88. The average molecular weight is 239 g/mol.